The second-order valence-electron chi connectivity index (χ2n) is 3.67. The van der Waals surface area contributed by atoms with Gasteiger partial charge in [0, 0.05) is 12.5 Å². The largest absolute Gasteiger partial charge is 0.497 e. The Morgan fingerprint density at radius 2 is 2.00 bits per heavy atom. The van der Waals surface area contributed by atoms with Gasteiger partial charge in [-0.2, -0.15) is 0 Å². The van der Waals surface area contributed by atoms with Gasteiger partial charge in [0.15, 0.2) is 0 Å². The third-order valence-corrected chi connectivity index (χ3v) is 2.57. The smallest absolute Gasteiger partial charge is 0.118 e. The lowest BCUT2D eigenvalue weighted by Gasteiger charge is -2.13. The van der Waals surface area contributed by atoms with Gasteiger partial charge in [0.2, 0.25) is 0 Å². The number of nitrogens with one attached hydrogen (secondary N) is 1. The molecule has 1 aromatic carbocycles. The second kappa shape index (κ2) is 6.92. The third-order valence-electron chi connectivity index (χ3n) is 2.57. The van der Waals surface area contributed by atoms with Crippen LogP contribution >= 0.6 is 0 Å². The van der Waals surface area contributed by atoms with E-state index in [0.29, 0.717) is 6.04 Å². The summed E-state index contributed by atoms with van der Waals surface area (Å²) in [5.41, 5.74) is 1.30. The van der Waals surface area contributed by atoms with E-state index in [-0.39, 0.29) is 0 Å². The summed E-state index contributed by atoms with van der Waals surface area (Å²) in [7, 11) is 3.66. The fourth-order valence-electron chi connectivity index (χ4n) is 1.55. The van der Waals surface area contributed by atoms with Crippen molar-refractivity contribution in [1.29, 1.82) is 0 Å². The average Bonchev–Trinajstić information content (AvgIpc) is 2.35. The molecule has 2 nitrogen and oxygen atoms in total. The number of methoxy groups -OCH3 is 1. The van der Waals surface area contributed by atoms with Crippen molar-refractivity contribution in [2.75, 3.05) is 14.2 Å². The Morgan fingerprint density at radius 1 is 1.31 bits per heavy atom. The maximum Gasteiger partial charge on any atom is 0.118 e. The molecule has 1 N–H and O–H groups in total. The standard InChI is InChI=1S/C14H19NO/c1-4-5-6-13(15-2)11-12-7-9-14(16-3)10-8-12/h7-10,13,15H,6,11H2,1-3H3. The first-order chi connectivity index (χ1) is 7.80. The summed E-state index contributed by atoms with van der Waals surface area (Å²) in [6, 6.07) is 8.60. The van der Waals surface area contributed by atoms with E-state index in [9.17, 15) is 0 Å². The number of ether oxygens (including phenoxy) is 1. The molecule has 0 aromatic heterocycles. The first-order valence-electron chi connectivity index (χ1n) is 5.50. The maximum absolute atomic E-state index is 5.13. The van der Waals surface area contributed by atoms with E-state index in [1.165, 1.54) is 5.56 Å². The molecule has 0 aliphatic rings. The molecule has 86 valence electrons. The number of hydrogen-bond donors (Lipinski definition) is 1. The zero-order chi connectivity index (χ0) is 11.8. The van der Waals surface area contributed by atoms with Crippen LogP contribution in [0.3, 0.4) is 0 Å². The number of rotatable bonds is 5. The molecule has 1 aromatic rings. The monoisotopic (exact) mass is 217 g/mol. The van der Waals surface area contributed by atoms with Crippen LogP contribution in [0.5, 0.6) is 5.75 Å². The molecular formula is C14H19NO. The molecule has 0 radical (unpaired) electrons. The van der Waals surface area contributed by atoms with Crippen LogP contribution in [-0.4, -0.2) is 20.2 Å². The minimum absolute atomic E-state index is 0.417. The van der Waals surface area contributed by atoms with Gasteiger partial charge in [-0.05, 0) is 38.1 Å². The zero-order valence-corrected chi connectivity index (χ0v) is 10.2. The van der Waals surface area contributed by atoms with Gasteiger partial charge in [-0.3, -0.25) is 0 Å². The van der Waals surface area contributed by atoms with Crippen LogP contribution in [0.15, 0.2) is 24.3 Å². The SMILES string of the molecule is CC#CCC(Cc1ccc(OC)cc1)NC. The number of likely N-dealkylation sites (N-methyl/N-ethyl adjacent to an activating group) is 1. The van der Waals surface area contributed by atoms with Crippen molar-refractivity contribution in [2.45, 2.75) is 25.8 Å². The average molecular weight is 217 g/mol. The van der Waals surface area contributed by atoms with Crippen LogP contribution in [0.4, 0.5) is 0 Å². The van der Waals surface area contributed by atoms with Crippen LogP contribution in [0, 0.1) is 11.8 Å². The first-order valence-corrected chi connectivity index (χ1v) is 5.50. The Morgan fingerprint density at radius 3 is 2.50 bits per heavy atom. The highest BCUT2D eigenvalue weighted by Crippen LogP contribution is 2.13. The molecule has 0 heterocycles. The predicted molar refractivity (Wildman–Crippen MR) is 67.6 cm³/mol. The molecule has 0 fully saturated rings. The lowest BCUT2D eigenvalue weighted by molar-refractivity contribution is 0.414. The quantitative estimate of drug-likeness (QED) is 0.764. The Labute approximate surface area is 98.0 Å². The fourth-order valence-corrected chi connectivity index (χ4v) is 1.55. The third kappa shape index (κ3) is 3.96. The van der Waals surface area contributed by atoms with E-state index in [1.54, 1.807) is 7.11 Å². The molecule has 0 aliphatic carbocycles. The van der Waals surface area contributed by atoms with Crippen LogP contribution < -0.4 is 10.1 Å². The predicted octanol–water partition coefficient (Wildman–Crippen LogP) is 2.24. The molecule has 0 saturated carbocycles. The van der Waals surface area contributed by atoms with E-state index < -0.39 is 0 Å². The molecule has 1 atom stereocenters. The van der Waals surface area contributed by atoms with Crippen molar-refractivity contribution in [3.05, 3.63) is 29.8 Å². The topological polar surface area (TPSA) is 21.3 Å². The molecule has 0 bridgehead atoms. The highest BCUT2D eigenvalue weighted by atomic mass is 16.5. The van der Waals surface area contributed by atoms with Gasteiger partial charge in [-0.1, -0.05) is 12.1 Å². The van der Waals surface area contributed by atoms with E-state index in [1.807, 2.05) is 26.1 Å². The Kier molecular flexibility index (Phi) is 5.45. The molecular weight excluding hydrogens is 198 g/mol. The summed E-state index contributed by atoms with van der Waals surface area (Å²) in [6.45, 7) is 1.88. The van der Waals surface area contributed by atoms with Crippen molar-refractivity contribution in [2.24, 2.45) is 0 Å². The van der Waals surface area contributed by atoms with Crippen molar-refractivity contribution < 1.29 is 4.74 Å². The Bertz CT molecular complexity index is 359. The highest BCUT2D eigenvalue weighted by molar-refractivity contribution is 5.27. The lowest BCUT2D eigenvalue weighted by atomic mass is 10.0. The minimum atomic E-state index is 0.417. The van der Waals surface area contributed by atoms with Crippen molar-refractivity contribution in [3.8, 4) is 17.6 Å². The van der Waals surface area contributed by atoms with Gasteiger partial charge in [0.25, 0.3) is 0 Å². The van der Waals surface area contributed by atoms with Crippen LogP contribution in [0.25, 0.3) is 0 Å². The number of hydrogen-bond acceptors (Lipinski definition) is 2. The second-order valence-corrected chi connectivity index (χ2v) is 3.67. The molecule has 0 aliphatic heterocycles. The molecule has 0 amide bonds. The van der Waals surface area contributed by atoms with E-state index in [2.05, 4.69) is 29.3 Å². The number of benzene rings is 1. The first kappa shape index (κ1) is 12.6. The molecule has 0 spiro atoms. The molecule has 1 unspecified atom stereocenters. The van der Waals surface area contributed by atoms with Crippen molar-refractivity contribution in [1.82, 2.24) is 5.32 Å². The van der Waals surface area contributed by atoms with E-state index in [4.69, 9.17) is 4.74 Å². The van der Waals surface area contributed by atoms with Crippen molar-refractivity contribution in [3.63, 3.8) is 0 Å². The fraction of sp³-hybridized carbons (Fsp3) is 0.429. The van der Waals surface area contributed by atoms with Crippen LogP contribution in [-0.2, 0) is 6.42 Å². The van der Waals surface area contributed by atoms with Crippen LogP contribution in [0.2, 0.25) is 0 Å². The summed E-state index contributed by atoms with van der Waals surface area (Å²) >= 11 is 0. The van der Waals surface area contributed by atoms with Gasteiger partial charge in [0.1, 0.15) is 5.75 Å². The minimum Gasteiger partial charge on any atom is -0.497 e. The molecule has 2 heteroatoms. The van der Waals surface area contributed by atoms with Gasteiger partial charge < -0.3 is 10.1 Å². The normalized spacial score (nSPS) is 11.4. The van der Waals surface area contributed by atoms with Gasteiger partial charge in [-0.15, -0.1) is 11.8 Å². The molecule has 1 rings (SSSR count). The van der Waals surface area contributed by atoms with Crippen LogP contribution in [0.1, 0.15) is 18.9 Å². The summed E-state index contributed by atoms with van der Waals surface area (Å²) in [5.74, 6) is 6.93. The zero-order valence-electron chi connectivity index (χ0n) is 10.2. The highest BCUT2D eigenvalue weighted by Gasteiger charge is 2.05. The van der Waals surface area contributed by atoms with Gasteiger partial charge in [-0.25, -0.2) is 0 Å². The maximum atomic E-state index is 5.13. The van der Waals surface area contributed by atoms with Gasteiger partial charge in [0.05, 0.1) is 7.11 Å². The Hall–Kier alpha value is -1.46. The molecule has 16 heavy (non-hydrogen) atoms. The van der Waals surface area contributed by atoms with E-state index >= 15 is 0 Å². The summed E-state index contributed by atoms with van der Waals surface area (Å²) in [4.78, 5) is 0. The summed E-state index contributed by atoms with van der Waals surface area (Å²) < 4.78 is 5.13. The molecule has 0 saturated heterocycles. The van der Waals surface area contributed by atoms with Crippen molar-refractivity contribution >= 4 is 0 Å². The Balaban J connectivity index is 2.58. The lowest BCUT2D eigenvalue weighted by Crippen LogP contribution is -2.26. The summed E-state index contributed by atoms with van der Waals surface area (Å²) in [6.07, 6.45) is 1.88. The van der Waals surface area contributed by atoms with E-state index in [0.717, 1.165) is 18.6 Å². The summed E-state index contributed by atoms with van der Waals surface area (Å²) in [5, 5.41) is 3.28. The van der Waals surface area contributed by atoms with Gasteiger partial charge >= 0.3 is 0 Å².